The lowest BCUT2D eigenvalue weighted by atomic mass is 10.3. The number of nitrogens with zero attached hydrogens (tertiary/aromatic N) is 1. The molecular weight excluding hydrogens is 134 g/mol. The number of hydrogen-bond donors (Lipinski definition) is 0. The summed E-state index contributed by atoms with van der Waals surface area (Å²) in [6.45, 7) is 9.63. The first kappa shape index (κ1) is 10.5. The normalized spacial score (nSPS) is 9.45. The molecule has 0 unspecified atom stereocenters. The van der Waals surface area contributed by atoms with Gasteiger partial charge in [0.1, 0.15) is 0 Å². The van der Waals surface area contributed by atoms with Gasteiger partial charge in [-0.3, -0.25) is 4.90 Å². The molecule has 0 rings (SSSR count). The summed E-state index contributed by atoms with van der Waals surface area (Å²) in [6, 6.07) is 0. The van der Waals surface area contributed by atoms with Gasteiger partial charge in [-0.05, 0) is 32.9 Å². The van der Waals surface area contributed by atoms with E-state index in [0.717, 1.165) is 6.54 Å². The maximum absolute atomic E-state index is 3.09. The molecule has 0 aromatic carbocycles. The Labute approximate surface area is 70.8 Å². The van der Waals surface area contributed by atoms with E-state index in [1.165, 1.54) is 25.9 Å². The summed E-state index contributed by atoms with van der Waals surface area (Å²) in [4.78, 5) is 2.40. The van der Waals surface area contributed by atoms with Crippen molar-refractivity contribution in [3.05, 3.63) is 0 Å². The van der Waals surface area contributed by atoms with E-state index in [2.05, 4.69) is 30.6 Å². The summed E-state index contributed by atoms with van der Waals surface area (Å²) in [5.74, 6) is 6.02. The monoisotopic (exact) mass is 153 g/mol. The molecule has 0 atom stereocenters. The van der Waals surface area contributed by atoms with Gasteiger partial charge in [-0.1, -0.05) is 19.8 Å². The second kappa shape index (κ2) is 7.63. The minimum Gasteiger partial charge on any atom is -0.292 e. The molecule has 0 radical (unpaired) electrons. The summed E-state index contributed by atoms with van der Waals surface area (Å²) < 4.78 is 0. The number of hydrogen-bond acceptors (Lipinski definition) is 1. The Morgan fingerprint density at radius 2 is 1.64 bits per heavy atom. The summed E-state index contributed by atoms with van der Waals surface area (Å²) in [7, 11) is 0. The molecule has 0 aromatic rings. The minimum absolute atomic E-state index is 0.943. The van der Waals surface area contributed by atoms with Crippen LogP contribution < -0.4 is 0 Å². The van der Waals surface area contributed by atoms with Crippen LogP contribution in [0.2, 0.25) is 0 Å². The molecule has 0 spiro atoms. The van der Waals surface area contributed by atoms with E-state index in [-0.39, 0.29) is 0 Å². The Morgan fingerprint density at radius 3 is 2.00 bits per heavy atom. The Bertz CT molecular complexity index is 124. The van der Waals surface area contributed by atoms with E-state index >= 15 is 0 Å². The molecule has 0 bridgehead atoms. The van der Waals surface area contributed by atoms with Crippen LogP contribution in [0.3, 0.4) is 0 Å². The fourth-order valence-corrected chi connectivity index (χ4v) is 1.09. The largest absolute Gasteiger partial charge is 0.292 e. The van der Waals surface area contributed by atoms with Crippen LogP contribution in [-0.4, -0.2) is 24.5 Å². The summed E-state index contributed by atoms with van der Waals surface area (Å²) in [6.07, 6.45) is 2.46. The zero-order valence-corrected chi connectivity index (χ0v) is 7.98. The van der Waals surface area contributed by atoms with Gasteiger partial charge < -0.3 is 0 Å². The van der Waals surface area contributed by atoms with Gasteiger partial charge in [0.2, 0.25) is 0 Å². The van der Waals surface area contributed by atoms with Gasteiger partial charge in [-0.25, -0.2) is 0 Å². The lowest BCUT2D eigenvalue weighted by Crippen LogP contribution is -2.25. The summed E-state index contributed by atoms with van der Waals surface area (Å²) in [5, 5.41) is 0. The van der Waals surface area contributed by atoms with Crippen molar-refractivity contribution in [1.29, 1.82) is 0 Å². The Balaban J connectivity index is 3.56. The standard InChI is InChI=1S/C10H19N/c1-4-7-10-11(8-5-2)9-6-3/h5-6,8-10H2,1-3H3. The molecule has 0 aromatic heterocycles. The smallest absolute Gasteiger partial charge is 0.0601 e. The van der Waals surface area contributed by atoms with Crippen LogP contribution >= 0.6 is 0 Å². The van der Waals surface area contributed by atoms with Crippen LogP contribution in [0, 0.1) is 11.8 Å². The van der Waals surface area contributed by atoms with Gasteiger partial charge >= 0.3 is 0 Å². The third kappa shape index (κ3) is 5.94. The Morgan fingerprint density at radius 1 is 1.09 bits per heavy atom. The highest BCUT2D eigenvalue weighted by Crippen LogP contribution is 1.91. The molecule has 0 amide bonds. The van der Waals surface area contributed by atoms with Gasteiger partial charge in [0.25, 0.3) is 0 Å². The maximum atomic E-state index is 3.09. The van der Waals surface area contributed by atoms with Crippen LogP contribution in [0.1, 0.15) is 33.6 Å². The first-order valence-corrected chi connectivity index (χ1v) is 4.47. The van der Waals surface area contributed by atoms with Crippen molar-refractivity contribution in [1.82, 2.24) is 4.90 Å². The SMILES string of the molecule is CC#CCN(CCC)CCC. The lowest BCUT2D eigenvalue weighted by Gasteiger charge is -2.17. The molecule has 0 aliphatic heterocycles. The minimum atomic E-state index is 0.943. The molecule has 64 valence electrons. The molecule has 0 heterocycles. The second-order valence-electron chi connectivity index (χ2n) is 2.70. The van der Waals surface area contributed by atoms with Gasteiger partial charge in [0.15, 0.2) is 0 Å². The molecule has 1 nitrogen and oxygen atoms in total. The topological polar surface area (TPSA) is 3.24 Å². The van der Waals surface area contributed by atoms with Crippen LogP contribution in [0.15, 0.2) is 0 Å². The van der Waals surface area contributed by atoms with Crippen molar-refractivity contribution in [2.24, 2.45) is 0 Å². The van der Waals surface area contributed by atoms with Gasteiger partial charge in [0, 0.05) is 0 Å². The van der Waals surface area contributed by atoms with Gasteiger partial charge in [-0.2, -0.15) is 0 Å². The average Bonchev–Trinajstić information content (AvgIpc) is 2.01. The fraction of sp³-hybridized carbons (Fsp3) is 0.800. The molecular formula is C10H19N. The van der Waals surface area contributed by atoms with E-state index < -0.39 is 0 Å². The van der Waals surface area contributed by atoms with Crippen molar-refractivity contribution < 1.29 is 0 Å². The highest BCUT2D eigenvalue weighted by molar-refractivity contribution is 4.97. The molecule has 0 N–H and O–H groups in total. The van der Waals surface area contributed by atoms with E-state index in [9.17, 15) is 0 Å². The van der Waals surface area contributed by atoms with Crippen LogP contribution in [0.25, 0.3) is 0 Å². The summed E-state index contributed by atoms with van der Waals surface area (Å²) >= 11 is 0. The maximum Gasteiger partial charge on any atom is 0.0601 e. The highest BCUT2D eigenvalue weighted by atomic mass is 15.1. The van der Waals surface area contributed by atoms with Crippen LogP contribution in [0.5, 0.6) is 0 Å². The first-order chi connectivity index (χ1) is 5.35. The van der Waals surface area contributed by atoms with Crippen LogP contribution in [0.4, 0.5) is 0 Å². The van der Waals surface area contributed by atoms with E-state index in [1.54, 1.807) is 0 Å². The third-order valence-corrected chi connectivity index (χ3v) is 1.56. The van der Waals surface area contributed by atoms with E-state index in [1.807, 2.05) is 6.92 Å². The second-order valence-corrected chi connectivity index (χ2v) is 2.70. The Kier molecular flexibility index (Phi) is 7.29. The summed E-state index contributed by atoms with van der Waals surface area (Å²) in [5.41, 5.74) is 0. The third-order valence-electron chi connectivity index (χ3n) is 1.56. The van der Waals surface area contributed by atoms with Gasteiger partial charge in [-0.15, -0.1) is 5.92 Å². The fourth-order valence-electron chi connectivity index (χ4n) is 1.09. The van der Waals surface area contributed by atoms with Crippen molar-refractivity contribution in [2.75, 3.05) is 19.6 Å². The molecule has 0 saturated heterocycles. The van der Waals surface area contributed by atoms with Crippen molar-refractivity contribution in [3.8, 4) is 11.8 Å². The molecule has 0 saturated carbocycles. The molecule has 0 aliphatic carbocycles. The number of rotatable bonds is 5. The zero-order valence-electron chi connectivity index (χ0n) is 7.98. The molecule has 0 fully saturated rings. The lowest BCUT2D eigenvalue weighted by molar-refractivity contribution is 0.308. The zero-order chi connectivity index (χ0) is 8.53. The predicted octanol–water partition coefficient (Wildman–Crippen LogP) is 2.13. The van der Waals surface area contributed by atoms with Crippen molar-refractivity contribution in [2.45, 2.75) is 33.6 Å². The Hall–Kier alpha value is -0.480. The quantitative estimate of drug-likeness (QED) is 0.547. The molecule has 1 heteroatoms. The van der Waals surface area contributed by atoms with Crippen molar-refractivity contribution >= 4 is 0 Å². The predicted molar refractivity (Wildman–Crippen MR) is 50.5 cm³/mol. The van der Waals surface area contributed by atoms with E-state index in [0.29, 0.717) is 0 Å². The first-order valence-electron chi connectivity index (χ1n) is 4.47. The van der Waals surface area contributed by atoms with Crippen LogP contribution in [-0.2, 0) is 0 Å². The van der Waals surface area contributed by atoms with Gasteiger partial charge in [0.05, 0.1) is 6.54 Å². The van der Waals surface area contributed by atoms with E-state index in [4.69, 9.17) is 0 Å². The molecule has 11 heavy (non-hydrogen) atoms. The average molecular weight is 153 g/mol. The van der Waals surface area contributed by atoms with Crippen molar-refractivity contribution in [3.63, 3.8) is 0 Å². The highest BCUT2D eigenvalue weighted by Gasteiger charge is 1.97. The molecule has 0 aliphatic rings.